The van der Waals surface area contributed by atoms with Crippen LogP contribution in [0.5, 0.6) is 0 Å². The van der Waals surface area contributed by atoms with Gasteiger partial charge in [-0.1, -0.05) is 0 Å². The van der Waals surface area contributed by atoms with Crippen molar-refractivity contribution in [3.63, 3.8) is 0 Å². The Bertz CT molecular complexity index is 358. The Hall–Kier alpha value is -0.661. The molecular weight excluding hydrogens is 287 g/mol. The van der Waals surface area contributed by atoms with Gasteiger partial charge in [0.05, 0.1) is 0 Å². The summed E-state index contributed by atoms with van der Waals surface area (Å²) in [6, 6.07) is 0. The molecule has 0 unspecified atom stereocenters. The van der Waals surface area contributed by atoms with E-state index in [1.807, 2.05) is 0 Å². The van der Waals surface area contributed by atoms with Crippen molar-refractivity contribution in [2.24, 2.45) is 0 Å². The number of hydrogen-bond acceptors (Lipinski definition) is 2. The maximum atomic E-state index is 4.24. The summed E-state index contributed by atoms with van der Waals surface area (Å²) >= 11 is 0.212. The summed E-state index contributed by atoms with van der Waals surface area (Å²) < 4.78 is 5.52. The second-order valence-corrected chi connectivity index (χ2v) is 6.53. The van der Waals surface area contributed by atoms with E-state index in [2.05, 4.69) is 33.5 Å². The van der Waals surface area contributed by atoms with Gasteiger partial charge < -0.3 is 0 Å². The summed E-state index contributed by atoms with van der Waals surface area (Å²) in [5, 5.41) is 4.24. The van der Waals surface area contributed by atoms with Gasteiger partial charge in [-0.3, -0.25) is 0 Å². The van der Waals surface area contributed by atoms with Gasteiger partial charge in [0.2, 0.25) is 0 Å². The van der Waals surface area contributed by atoms with E-state index in [4.69, 9.17) is 0 Å². The molecule has 2 rings (SSSR count). The summed E-state index contributed by atoms with van der Waals surface area (Å²) in [6.07, 6.45) is 21.0. The zero-order valence-corrected chi connectivity index (χ0v) is 12.7. The van der Waals surface area contributed by atoms with E-state index in [0.717, 1.165) is 5.69 Å². The third-order valence-corrected chi connectivity index (χ3v) is 4.81. The maximum absolute atomic E-state index is 4.24. The van der Waals surface area contributed by atoms with Crippen LogP contribution in [0.15, 0.2) is 12.2 Å². The van der Waals surface area contributed by atoms with Crippen molar-refractivity contribution in [3.05, 3.63) is 22.3 Å². The van der Waals surface area contributed by atoms with E-state index in [-0.39, 0.29) is 14.7 Å². The zero-order chi connectivity index (χ0) is 12.5. The van der Waals surface area contributed by atoms with E-state index >= 15 is 0 Å². The first-order chi connectivity index (χ1) is 8.97. The summed E-state index contributed by atoms with van der Waals surface area (Å²) in [6.45, 7) is 0. The van der Waals surface area contributed by atoms with Crippen LogP contribution in [0.2, 0.25) is 0 Å². The Kier molecular flexibility index (Phi) is 6.46. The second kappa shape index (κ2) is 8.44. The molecule has 0 N–H and O–H groups in total. The average molecular weight is 309 g/mol. The minimum absolute atomic E-state index is 0.212. The van der Waals surface area contributed by atoms with Gasteiger partial charge in [-0.25, -0.2) is 0 Å². The molecule has 0 bridgehead atoms. The monoisotopic (exact) mass is 310 g/mol. The Balaban J connectivity index is 1.97. The normalized spacial score (nSPS) is 22.4. The molecule has 3 heteroatoms. The molecular formula is C15H22N2Se. The molecule has 98 valence electrons. The first-order valence-corrected chi connectivity index (χ1v) is 8.74. The number of allylic oxidation sites excluding steroid dienone is 2. The fraction of sp³-hybridized carbons (Fsp3) is 0.600. The van der Waals surface area contributed by atoms with Crippen molar-refractivity contribution in [3.8, 4) is 0 Å². The fourth-order valence-corrected chi connectivity index (χ4v) is 3.44. The van der Waals surface area contributed by atoms with Gasteiger partial charge in [0.25, 0.3) is 0 Å². The van der Waals surface area contributed by atoms with Crippen LogP contribution < -0.4 is 0 Å². The van der Waals surface area contributed by atoms with Crippen LogP contribution in [0.3, 0.4) is 0 Å². The molecule has 1 aromatic heterocycles. The first kappa shape index (κ1) is 13.8. The molecule has 1 heterocycles. The number of hydrogen-bond donors (Lipinski definition) is 0. The first-order valence-electron chi connectivity index (χ1n) is 7.12. The van der Waals surface area contributed by atoms with Crippen LogP contribution in [0.25, 0.3) is 12.2 Å². The molecule has 0 saturated heterocycles. The van der Waals surface area contributed by atoms with Gasteiger partial charge in [0, 0.05) is 0 Å². The Morgan fingerprint density at radius 3 is 2.11 bits per heavy atom. The molecule has 0 saturated carbocycles. The molecule has 0 atom stereocenters. The van der Waals surface area contributed by atoms with Crippen LogP contribution in [-0.2, 0) is 0 Å². The molecule has 1 aromatic rings. The van der Waals surface area contributed by atoms with Gasteiger partial charge in [-0.15, -0.1) is 0 Å². The molecule has 0 aromatic carbocycles. The van der Waals surface area contributed by atoms with Crippen LogP contribution >= 0.6 is 0 Å². The van der Waals surface area contributed by atoms with Crippen LogP contribution in [0.4, 0.5) is 0 Å². The van der Waals surface area contributed by atoms with Crippen molar-refractivity contribution in [1.82, 2.24) is 9.19 Å². The predicted octanol–water partition coefficient (Wildman–Crippen LogP) is 4.08. The van der Waals surface area contributed by atoms with E-state index in [1.165, 1.54) is 62.2 Å². The minimum atomic E-state index is 0.212. The van der Waals surface area contributed by atoms with E-state index in [1.54, 1.807) is 0 Å². The molecule has 0 amide bonds. The topological polar surface area (TPSA) is 25.8 Å². The van der Waals surface area contributed by atoms with E-state index in [0.29, 0.717) is 0 Å². The standard InChI is InChI=1S/C15H22N2Se/c1-2-4-6-8-10-12-14-15(18-17-16-14)13-11-9-7-5-3-1/h10-13H,1-9H2/b12-10+,13-11+. The Morgan fingerprint density at radius 1 is 0.778 bits per heavy atom. The molecule has 0 spiro atoms. The molecule has 1 aliphatic carbocycles. The average Bonchev–Trinajstić information content (AvgIpc) is 2.81. The Labute approximate surface area is 116 Å². The van der Waals surface area contributed by atoms with E-state index in [9.17, 15) is 0 Å². The summed E-state index contributed by atoms with van der Waals surface area (Å²) in [4.78, 5) is 0. The van der Waals surface area contributed by atoms with Crippen LogP contribution in [0, 0.1) is 0 Å². The number of fused-ring (bicyclic) bond motifs is 1. The second-order valence-electron chi connectivity index (χ2n) is 4.88. The number of aromatic nitrogens is 2. The molecule has 0 radical (unpaired) electrons. The van der Waals surface area contributed by atoms with Crippen molar-refractivity contribution < 1.29 is 0 Å². The van der Waals surface area contributed by atoms with Crippen molar-refractivity contribution in [1.29, 1.82) is 0 Å². The SMILES string of the molecule is C1=C/c2nn[se]c2/C=C/CCCCCCCCC/1. The summed E-state index contributed by atoms with van der Waals surface area (Å²) in [5.41, 5.74) is 1.10. The quantitative estimate of drug-likeness (QED) is 0.675. The van der Waals surface area contributed by atoms with Gasteiger partial charge in [0.15, 0.2) is 0 Å². The van der Waals surface area contributed by atoms with Gasteiger partial charge in [0.1, 0.15) is 0 Å². The fourth-order valence-electron chi connectivity index (χ4n) is 2.23. The van der Waals surface area contributed by atoms with E-state index < -0.39 is 0 Å². The molecule has 1 aliphatic rings. The predicted molar refractivity (Wildman–Crippen MR) is 78.6 cm³/mol. The molecule has 0 fully saturated rings. The third-order valence-electron chi connectivity index (χ3n) is 3.33. The third kappa shape index (κ3) is 4.91. The van der Waals surface area contributed by atoms with Gasteiger partial charge >= 0.3 is 116 Å². The van der Waals surface area contributed by atoms with Crippen LogP contribution in [-0.4, -0.2) is 23.9 Å². The number of nitrogens with zero attached hydrogens (tertiary/aromatic N) is 2. The molecule has 2 nitrogen and oxygen atoms in total. The Morgan fingerprint density at radius 2 is 1.39 bits per heavy atom. The van der Waals surface area contributed by atoms with Crippen molar-refractivity contribution in [2.75, 3.05) is 0 Å². The zero-order valence-electron chi connectivity index (χ0n) is 11.0. The summed E-state index contributed by atoms with van der Waals surface area (Å²) in [7, 11) is 0. The van der Waals surface area contributed by atoms with Crippen molar-refractivity contribution >= 4 is 26.9 Å². The van der Waals surface area contributed by atoms with Gasteiger partial charge in [-0.2, -0.15) is 0 Å². The van der Waals surface area contributed by atoms with Gasteiger partial charge in [-0.05, 0) is 0 Å². The molecule has 0 aliphatic heterocycles. The number of rotatable bonds is 0. The van der Waals surface area contributed by atoms with Crippen molar-refractivity contribution in [2.45, 2.75) is 57.8 Å². The summed E-state index contributed by atoms with van der Waals surface area (Å²) in [5.74, 6) is 0. The molecule has 18 heavy (non-hydrogen) atoms. The van der Waals surface area contributed by atoms with Crippen LogP contribution in [0.1, 0.15) is 67.9 Å².